The zero-order valence-corrected chi connectivity index (χ0v) is 27.6. The van der Waals surface area contributed by atoms with E-state index in [-0.39, 0.29) is 5.41 Å². The van der Waals surface area contributed by atoms with Crippen molar-refractivity contribution in [2.24, 2.45) is 0 Å². The fraction of sp³-hybridized carbons (Fsp3) is 0.188. The fourth-order valence-electron chi connectivity index (χ4n) is 5.22. The van der Waals surface area contributed by atoms with E-state index in [1.165, 1.54) is 6.42 Å². The predicted molar refractivity (Wildman–Crippen MR) is 170 cm³/mol. The quantitative estimate of drug-likeness (QED) is 0.144. The van der Waals surface area contributed by atoms with Crippen LogP contribution in [0.1, 0.15) is 63.9 Å². The van der Waals surface area contributed by atoms with Gasteiger partial charge in [0.1, 0.15) is 0 Å². The van der Waals surface area contributed by atoms with E-state index in [0.717, 1.165) is 36.8 Å². The first kappa shape index (κ1) is 29.2. The molecule has 0 aliphatic heterocycles. The van der Waals surface area contributed by atoms with Crippen LogP contribution in [0.25, 0.3) is 0 Å². The highest BCUT2D eigenvalue weighted by atomic mass is 79.9. The monoisotopic (exact) mass is 788 g/mol. The van der Waals surface area contributed by atoms with Gasteiger partial charge in [0, 0.05) is 5.41 Å². The lowest BCUT2D eigenvalue weighted by Crippen LogP contribution is -2.30. The number of ether oxygens (including phenoxy) is 2. The number of carbonyl (C=O) groups is 2. The molecule has 4 nitrogen and oxygen atoms in total. The van der Waals surface area contributed by atoms with Crippen molar-refractivity contribution in [1.82, 2.24) is 0 Å². The molecule has 0 bridgehead atoms. The molecule has 4 aromatic carbocycles. The molecule has 8 heteroatoms. The van der Waals surface area contributed by atoms with Gasteiger partial charge in [-0.15, -0.1) is 0 Å². The molecule has 1 fully saturated rings. The standard InChI is InChI=1S/C32H24Br4O4/c33-24-16-22(17-25(34)28(24)39-30(37)20-10-4-1-5-11-20)32(14-8-3-9-15-32)23-18-26(35)29(27(36)19-23)40-31(38)21-12-6-2-7-13-21/h1-2,4-7,10-13,16-19H,3,8-9,14-15H2. The summed E-state index contributed by atoms with van der Waals surface area (Å²) in [6, 6.07) is 26.1. The molecule has 0 heterocycles. The maximum absolute atomic E-state index is 12.8. The van der Waals surface area contributed by atoms with Crippen molar-refractivity contribution in [3.63, 3.8) is 0 Å². The molecule has 1 aliphatic carbocycles. The Bertz CT molecular complexity index is 1390. The third kappa shape index (κ3) is 6.15. The van der Waals surface area contributed by atoms with Crippen molar-refractivity contribution in [2.45, 2.75) is 37.5 Å². The summed E-state index contributed by atoms with van der Waals surface area (Å²) in [4.78, 5) is 25.5. The number of carbonyl (C=O) groups excluding carboxylic acids is 2. The summed E-state index contributed by atoms with van der Waals surface area (Å²) in [5, 5.41) is 0. The van der Waals surface area contributed by atoms with Crippen LogP contribution < -0.4 is 9.47 Å². The Hall–Kier alpha value is -2.26. The second-order valence-corrected chi connectivity index (χ2v) is 13.1. The molecule has 40 heavy (non-hydrogen) atoms. The van der Waals surface area contributed by atoms with E-state index in [2.05, 4.69) is 88.0 Å². The first-order chi connectivity index (χ1) is 19.3. The van der Waals surface area contributed by atoms with Gasteiger partial charge in [-0.05, 0) is 136 Å². The molecule has 0 amide bonds. The summed E-state index contributed by atoms with van der Waals surface area (Å²) < 4.78 is 14.3. The summed E-state index contributed by atoms with van der Waals surface area (Å²) in [5.74, 6) is 0.0365. The molecule has 4 aromatic rings. The average Bonchev–Trinajstić information content (AvgIpc) is 2.97. The Morgan fingerprint density at radius 3 is 1.25 bits per heavy atom. The van der Waals surface area contributed by atoms with Crippen molar-refractivity contribution in [3.05, 3.63) is 125 Å². The van der Waals surface area contributed by atoms with Gasteiger partial charge in [-0.2, -0.15) is 0 Å². The average molecular weight is 792 g/mol. The van der Waals surface area contributed by atoms with E-state index in [4.69, 9.17) is 9.47 Å². The molecule has 0 unspecified atom stereocenters. The number of benzene rings is 4. The summed E-state index contributed by atoms with van der Waals surface area (Å²) in [6.45, 7) is 0. The van der Waals surface area contributed by atoms with Crippen LogP contribution in [0.3, 0.4) is 0 Å². The van der Waals surface area contributed by atoms with E-state index in [0.29, 0.717) is 40.5 Å². The normalized spacial score (nSPS) is 14.4. The molecular weight excluding hydrogens is 768 g/mol. The Labute approximate surface area is 267 Å². The van der Waals surface area contributed by atoms with E-state index in [9.17, 15) is 9.59 Å². The van der Waals surface area contributed by atoms with E-state index in [1.54, 1.807) is 48.5 Å². The van der Waals surface area contributed by atoms with Crippen molar-refractivity contribution in [3.8, 4) is 11.5 Å². The predicted octanol–water partition coefficient (Wildman–Crippen LogP) is 10.4. The largest absolute Gasteiger partial charge is 0.421 e. The van der Waals surface area contributed by atoms with Crippen LogP contribution in [-0.4, -0.2) is 11.9 Å². The van der Waals surface area contributed by atoms with Gasteiger partial charge in [0.2, 0.25) is 0 Å². The molecule has 0 aromatic heterocycles. The van der Waals surface area contributed by atoms with Gasteiger partial charge in [-0.3, -0.25) is 0 Å². The highest BCUT2D eigenvalue weighted by Crippen LogP contribution is 2.50. The first-order valence-electron chi connectivity index (χ1n) is 12.8. The highest BCUT2D eigenvalue weighted by Gasteiger charge is 2.38. The molecule has 0 N–H and O–H groups in total. The van der Waals surface area contributed by atoms with E-state index in [1.807, 2.05) is 12.1 Å². The van der Waals surface area contributed by atoms with Crippen LogP contribution in [0.15, 0.2) is 103 Å². The van der Waals surface area contributed by atoms with Crippen molar-refractivity contribution in [2.75, 3.05) is 0 Å². The maximum atomic E-state index is 12.8. The van der Waals surface area contributed by atoms with Crippen LogP contribution >= 0.6 is 63.7 Å². The number of rotatable bonds is 6. The Morgan fingerprint density at radius 1 is 0.550 bits per heavy atom. The van der Waals surface area contributed by atoms with Crippen LogP contribution in [-0.2, 0) is 5.41 Å². The van der Waals surface area contributed by atoms with Crippen LogP contribution in [0.4, 0.5) is 0 Å². The minimum atomic E-state index is -0.421. The molecule has 0 radical (unpaired) electrons. The number of halogens is 4. The lowest BCUT2D eigenvalue weighted by molar-refractivity contribution is 0.0722. The number of esters is 2. The molecular formula is C32H24Br4O4. The smallest absolute Gasteiger partial charge is 0.343 e. The number of hydrogen-bond acceptors (Lipinski definition) is 4. The van der Waals surface area contributed by atoms with Crippen LogP contribution in [0.5, 0.6) is 11.5 Å². The SMILES string of the molecule is O=C(Oc1c(Br)cc(C2(c3cc(Br)c(OC(=O)c4ccccc4)c(Br)c3)CCCCC2)cc1Br)c1ccccc1. The zero-order chi connectivity index (χ0) is 28.3. The molecule has 204 valence electrons. The minimum absolute atomic E-state index is 0.279. The Kier molecular flexibility index (Phi) is 9.30. The maximum Gasteiger partial charge on any atom is 0.343 e. The van der Waals surface area contributed by atoms with E-state index >= 15 is 0 Å². The van der Waals surface area contributed by atoms with Crippen molar-refractivity contribution < 1.29 is 19.1 Å². The van der Waals surface area contributed by atoms with Crippen molar-refractivity contribution in [1.29, 1.82) is 0 Å². The summed E-state index contributed by atoms with van der Waals surface area (Å²) >= 11 is 14.7. The second kappa shape index (κ2) is 12.7. The van der Waals surface area contributed by atoms with Gasteiger partial charge in [-0.1, -0.05) is 55.7 Å². The molecule has 1 saturated carbocycles. The third-order valence-corrected chi connectivity index (χ3v) is 9.57. The van der Waals surface area contributed by atoms with Crippen LogP contribution in [0, 0.1) is 0 Å². The lowest BCUT2D eigenvalue weighted by atomic mass is 9.65. The Balaban J connectivity index is 1.49. The zero-order valence-electron chi connectivity index (χ0n) is 21.3. The second-order valence-electron chi connectivity index (χ2n) is 9.69. The lowest BCUT2D eigenvalue weighted by Gasteiger charge is -2.39. The van der Waals surface area contributed by atoms with Crippen molar-refractivity contribution >= 4 is 75.7 Å². The summed E-state index contributed by atoms with van der Waals surface area (Å²) in [7, 11) is 0. The molecule has 0 spiro atoms. The van der Waals surface area contributed by atoms with Gasteiger partial charge < -0.3 is 9.47 Å². The van der Waals surface area contributed by atoms with Gasteiger partial charge in [0.25, 0.3) is 0 Å². The third-order valence-electron chi connectivity index (χ3n) is 7.22. The Morgan fingerprint density at radius 2 is 0.900 bits per heavy atom. The highest BCUT2D eigenvalue weighted by molar-refractivity contribution is 9.11. The summed E-state index contributed by atoms with van der Waals surface area (Å²) in [6.07, 6.45) is 5.25. The summed E-state index contributed by atoms with van der Waals surface area (Å²) in [5.41, 5.74) is 2.91. The number of hydrogen-bond donors (Lipinski definition) is 0. The van der Waals surface area contributed by atoms with Gasteiger partial charge in [0.15, 0.2) is 11.5 Å². The minimum Gasteiger partial charge on any atom is -0.421 e. The molecule has 5 rings (SSSR count). The van der Waals surface area contributed by atoms with Gasteiger partial charge in [0.05, 0.1) is 29.0 Å². The topological polar surface area (TPSA) is 52.6 Å². The van der Waals surface area contributed by atoms with Gasteiger partial charge >= 0.3 is 11.9 Å². The van der Waals surface area contributed by atoms with E-state index < -0.39 is 11.9 Å². The fourth-order valence-corrected chi connectivity index (χ4v) is 7.92. The molecule has 0 atom stereocenters. The van der Waals surface area contributed by atoms with Gasteiger partial charge in [-0.25, -0.2) is 9.59 Å². The first-order valence-corrected chi connectivity index (χ1v) is 16.0. The molecule has 0 saturated heterocycles. The molecule has 1 aliphatic rings. The van der Waals surface area contributed by atoms with Crippen LogP contribution in [0.2, 0.25) is 0 Å².